The molecule has 0 bridgehead atoms. The van der Waals surface area contributed by atoms with Crippen LogP contribution >= 0.6 is 22.9 Å². The number of hydrogen-bond donors (Lipinski definition) is 2. The molecule has 1 aromatic heterocycles. The van der Waals surface area contributed by atoms with E-state index in [1.807, 2.05) is 6.92 Å². The zero-order valence-electron chi connectivity index (χ0n) is 20.4. The minimum atomic E-state index is -1.04. The number of benzene rings is 2. The molecular formula is C26H28ClFN2O5S. The Morgan fingerprint density at radius 2 is 1.97 bits per heavy atom. The van der Waals surface area contributed by atoms with E-state index >= 15 is 0 Å². The Kier molecular flexibility index (Phi) is 9.42. The summed E-state index contributed by atoms with van der Waals surface area (Å²) >= 11 is 7.26. The molecular weight excluding hydrogens is 507 g/mol. The Labute approximate surface area is 218 Å². The van der Waals surface area contributed by atoms with E-state index in [-0.39, 0.29) is 30.0 Å². The second-order valence-corrected chi connectivity index (χ2v) is 9.81. The quantitative estimate of drug-likeness (QED) is 0.336. The molecule has 10 heteroatoms. The normalized spacial score (nSPS) is 12.0. The first-order valence-corrected chi connectivity index (χ1v) is 12.6. The van der Waals surface area contributed by atoms with Crippen LogP contribution in [0.5, 0.6) is 5.75 Å². The molecule has 7 nitrogen and oxygen atoms in total. The van der Waals surface area contributed by atoms with E-state index in [9.17, 15) is 19.1 Å². The lowest BCUT2D eigenvalue weighted by Gasteiger charge is -2.18. The Balaban J connectivity index is 1.79. The third-order valence-corrected chi connectivity index (χ3v) is 6.86. The number of carbonyl (C=O) groups excluding carboxylic acids is 1. The number of thiazole rings is 1. The van der Waals surface area contributed by atoms with Gasteiger partial charge in [-0.05, 0) is 50.1 Å². The Bertz CT molecular complexity index is 1250. The second kappa shape index (κ2) is 12.3. The zero-order valence-corrected chi connectivity index (χ0v) is 22.0. The molecule has 0 saturated carbocycles. The van der Waals surface area contributed by atoms with Crippen molar-refractivity contribution in [2.45, 2.75) is 52.4 Å². The summed E-state index contributed by atoms with van der Waals surface area (Å²) in [6.45, 7) is 5.64. The summed E-state index contributed by atoms with van der Waals surface area (Å²) in [6, 6.07) is 9.64. The number of aryl methyl sites for hydroxylation is 1. The maximum atomic E-state index is 13.6. The number of aromatic nitrogens is 1. The first-order chi connectivity index (χ1) is 17.1. The van der Waals surface area contributed by atoms with E-state index in [2.05, 4.69) is 10.3 Å². The highest BCUT2D eigenvalue weighted by molar-refractivity contribution is 7.15. The van der Waals surface area contributed by atoms with E-state index in [4.69, 9.17) is 21.1 Å². The molecule has 0 spiro atoms. The molecule has 2 N–H and O–H groups in total. The molecule has 0 saturated heterocycles. The number of carboxylic acid groups (broad SMARTS) is 1. The Morgan fingerprint density at radius 1 is 1.22 bits per heavy atom. The molecule has 1 unspecified atom stereocenters. The molecule has 0 fully saturated rings. The summed E-state index contributed by atoms with van der Waals surface area (Å²) in [5.41, 5.74) is 2.36. The third-order valence-electron chi connectivity index (χ3n) is 5.32. The van der Waals surface area contributed by atoms with Gasteiger partial charge in [0.25, 0.3) is 5.91 Å². The highest BCUT2D eigenvalue weighted by Crippen LogP contribution is 2.31. The first kappa shape index (κ1) is 27.6. The van der Waals surface area contributed by atoms with Crippen molar-refractivity contribution >= 4 is 34.8 Å². The first-order valence-electron chi connectivity index (χ1n) is 11.4. The maximum absolute atomic E-state index is 13.6. The minimum absolute atomic E-state index is 0.0114. The standard InChI is InChI=1S/C26H28ClFN2O5S/c1-5-22-23(30-25(36-22)16-7-8-19(28)18(27)12-16)24(31)29-13-17-10-15(6-9-20(17)34-4)11-21(26(32)33)35-14(2)3/h6-10,12,14,21H,5,11,13H2,1-4H3,(H,29,31)(H,32,33). The fourth-order valence-corrected chi connectivity index (χ4v) is 4.79. The average molecular weight is 535 g/mol. The Morgan fingerprint density at radius 3 is 2.58 bits per heavy atom. The van der Waals surface area contributed by atoms with Crippen LogP contribution in [-0.4, -0.2) is 41.3 Å². The summed E-state index contributed by atoms with van der Waals surface area (Å²) in [7, 11) is 1.53. The lowest BCUT2D eigenvalue weighted by molar-refractivity contribution is -0.153. The van der Waals surface area contributed by atoms with Crippen LogP contribution in [0.3, 0.4) is 0 Å². The van der Waals surface area contributed by atoms with Gasteiger partial charge in [0, 0.05) is 29.0 Å². The molecule has 1 amide bonds. The van der Waals surface area contributed by atoms with Crippen LogP contribution in [0.2, 0.25) is 5.02 Å². The van der Waals surface area contributed by atoms with Crippen molar-refractivity contribution in [3.05, 3.63) is 68.9 Å². The third kappa shape index (κ3) is 6.81. The van der Waals surface area contributed by atoms with Gasteiger partial charge in [-0.15, -0.1) is 11.3 Å². The molecule has 1 atom stereocenters. The van der Waals surface area contributed by atoms with E-state index in [1.54, 1.807) is 38.1 Å². The van der Waals surface area contributed by atoms with Crippen molar-refractivity contribution in [2.75, 3.05) is 7.11 Å². The molecule has 3 aromatic rings. The van der Waals surface area contributed by atoms with Crippen molar-refractivity contribution in [1.82, 2.24) is 10.3 Å². The van der Waals surface area contributed by atoms with Crippen LogP contribution in [0.4, 0.5) is 4.39 Å². The van der Waals surface area contributed by atoms with Crippen LogP contribution < -0.4 is 10.1 Å². The highest BCUT2D eigenvalue weighted by Gasteiger charge is 2.22. The number of methoxy groups -OCH3 is 1. The van der Waals surface area contributed by atoms with Crippen LogP contribution in [0.25, 0.3) is 10.6 Å². The van der Waals surface area contributed by atoms with Crippen LogP contribution in [0.1, 0.15) is 47.3 Å². The molecule has 0 radical (unpaired) electrons. The van der Waals surface area contributed by atoms with Crippen molar-refractivity contribution < 1.29 is 28.6 Å². The number of aliphatic carboxylic acids is 1. The molecule has 0 aliphatic rings. The fraction of sp³-hybridized carbons (Fsp3) is 0.346. The summed E-state index contributed by atoms with van der Waals surface area (Å²) in [5, 5.41) is 12.9. The molecule has 3 rings (SSSR count). The van der Waals surface area contributed by atoms with Gasteiger partial charge in [-0.2, -0.15) is 0 Å². The molecule has 0 aliphatic heterocycles. The van der Waals surface area contributed by atoms with E-state index in [0.29, 0.717) is 34.0 Å². The van der Waals surface area contributed by atoms with Gasteiger partial charge in [0.2, 0.25) is 0 Å². The average Bonchev–Trinajstić information content (AvgIpc) is 3.28. The summed E-state index contributed by atoms with van der Waals surface area (Å²) in [4.78, 5) is 29.9. The van der Waals surface area contributed by atoms with Gasteiger partial charge < -0.3 is 19.9 Å². The van der Waals surface area contributed by atoms with Gasteiger partial charge in [0.1, 0.15) is 22.3 Å². The molecule has 0 aliphatic carbocycles. The molecule has 192 valence electrons. The lowest BCUT2D eigenvalue weighted by atomic mass is 10.0. The largest absolute Gasteiger partial charge is 0.496 e. The SMILES string of the molecule is CCc1sc(-c2ccc(F)c(Cl)c2)nc1C(=O)NCc1cc(CC(OC(C)C)C(=O)O)ccc1OC. The predicted molar refractivity (Wildman–Crippen MR) is 137 cm³/mol. The van der Waals surface area contributed by atoms with Crippen molar-refractivity contribution in [1.29, 1.82) is 0 Å². The number of nitrogens with zero attached hydrogens (tertiary/aromatic N) is 1. The van der Waals surface area contributed by atoms with Gasteiger partial charge in [0.15, 0.2) is 6.10 Å². The number of hydrogen-bond acceptors (Lipinski definition) is 6. The number of nitrogens with one attached hydrogen (secondary N) is 1. The van der Waals surface area contributed by atoms with E-state index in [1.165, 1.54) is 30.6 Å². The molecule has 2 aromatic carbocycles. The van der Waals surface area contributed by atoms with E-state index < -0.39 is 17.9 Å². The number of halogens is 2. The number of carboxylic acids is 1. The van der Waals surface area contributed by atoms with E-state index in [0.717, 1.165) is 10.4 Å². The fourth-order valence-electron chi connectivity index (χ4n) is 3.61. The van der Waals surface area contributed by atoms with Gasteiger partial charge in [0.05, 0.1) is 18.2 Å². The molecule has 1 heterocycles. The number of ether oxygens (including phenoxy) is 2. The smallest absolute Gasteiger partial charge is 0.333 e. The molecule has 36 heavy (non-hydrogen) atoms. The zero-order chi connectivity index (χ0) is 26.4. The Hall–Kier alpha value is -3.01. The second-order valence-electron chi connectivity index (χ2n) is 8.32. The van der Waals surface area contributed by atoms with Crippen molar-refractivity contribution in [2.24, 2.45) is 0 Å². The van der Waals surface area contributed by atoms with Crippen LogP contribution in [0.15, 0.2) is 36.4 Å². The van der Waals surface area contributed by atoms with Crippen LogP contribution in [0, 0.1) is 5.82 Å². The van der Waals surface area contributed by atoms with Gasteiger partial charge in [-0.25, -0.2) is 14.2 Å². The highest BCUT2D eigenvalue weighted by atomic mass is 35.5. The summed E-state index contributed by atoms with van der Waals surface area (Å²) < 4.78 is 24.5. The van der Waals surface area contributed by atoms with Gasteiger partial charge in [-0.1, -0.05) is 30.7 Å². The summed E-state index contributed by atoms with van der Waals surface area (Å²) in [5.74, 6) is -1.36. The summed E-state index contributed by atoms with van der Waals surface area (Å²) in [6.07, 6.45) is -0.444. The number of carbonyl (C=O) groups is 2. The minimum Gasteiger partial charge on any atom is -0.496 e. The van der Waals surface area contributed by atoms with Crippen molar-refractivity contribution in [3.8, 4) is 16.3 Å². The van der Waals surface area contributed by atoms with Crippen LogP contribution in [-0.2, 0) is 28.9 Å². The van der Waals surface area contributed by atoms with Gasteiger partial charge >= 0.3 is 5.97 Å². The maximum Gasteiger partial charge on any atom is 0.333 e. The monoisotopic (exact) mass is 534 g/mol. The number of rotatable bonds is 11. The van der Waals surface area contributed by atoms with Gasteiger partial charge in [-0.3, -0.25) is 4.79 Å². The lowest BCUT2D eigenvalue weighted by Crippen LogP contribution is -2.29. The topological polar surface area (TPSA) is 97.8 Å². The predicted octanol–water partition coefficient (Wildman–Crippen LogP) is 5.52. The number of amides is 1. The van der Waals surface area contributed by atoms with Crippen molar-refractivity contribution in [3.63, 3.8) is 0 Å².